The molecule has 64 valence electrons. The highest BCUT2D eigenvalue weighted by molar-refractivity contribution is 7.81. The van der Waals surface area contributed by atoms with Gasteiger partial charge in [0.1, 0.15) is 6.26 Å². The summed E-state index contributed by atoms with van der Waals surface area (Å²) in [5, 5.41) is 0. The Morgan fingerprint density at radius 3 is 2.91 bits per heavy atom. The summed E-state index contributed by atoms with van der Waals surface area (Å²) in [7, 11) is 0. The average Bonchev–Trinajstić information content (AvgIpc) is 1.97. The molecule has 0 bridgehead atoms. The van der Waals surface area contributed by atoms with Crippen LogP contribution in [0.25, 0.3) is 0 Å². The second-order valence-corrected chi connectivity index (χ2v) is 4.26. The van der Waals surface area contributed by atoms with Crippen LogP contribution < -0.4 is 0 Å². The molecule has 0 aliphatic rings. The summed E-state index contributed by atoms with van der Waals surface area (Å²) in [6, 6.07) is 0. The second kappa shape index (κ2) is 5.45. The highest BCUT2D eigenvalue weighted by Gasteiger charge is 2.19. The van der Waals surface area contributed by atoms with E-state index in [1.165, 1.54) is 0 Å². The minimum Gasteiger partial charge on any atom is -0.413 e. The van der Waals surface area contributed by atoms with E-state index >= 15 is 0 Å². The number of hydrogen-bond acceptors (Lipinski definition) is 3. The third-order valence-electron chi connectivity index (χ3n) is 0.712. The molecule has 0 heterocycles. The maximum absolute atomic E-state index is 11.0. The van der Waals surface area contributed by atoms with E-state index in [-0.39, 0.29) is 0 Å². The Kier molecular flexibility index (Phi) is 5.35. The summed E-state index contributed by atoms with van der Waals surface area (Å²) in [6.07, 6.45) is 1.75. The maximum atomic E-state index is 11.0. The molecule has 0 aromatic heterocycles. The van der Waals surface area contributed by atoms with Crippen LogP contribution in [-0.4, -0.2) is 6.61 Å². The van der Waals surface area contributed by atoms with E-state index in [9.17, 15) is 4.57 Å². The monoisotopic (exact) mass is 196 g/mol. The molecule has 11 heavy (non-hydrogen) atoms. The molecule has 0 N–H and O–H groups in total. The van der Waals surface area contributed by atoms with Gasteiger partial charge in [0.2, 0.25) is 0 Å². The Morgan fingerprint density at radius 2 is 2.45 bits per heavy atom. The minimum atomic E-state index is -3.41. The molecule has 5 heteroatoms. The molecule has 0 radical (unpaired) electrons. The molecular weight excluding hydrogens is 186 g/mol. The first-order chi connectivity index (χ1) is 5.12. The molecule has 0 saturated carbocycles. The van der Waals surface area contributed by atoms with Crippen LogP contribution in [0.4, 0.5) is 0 Å². The molecule has 0 fully saturated rings. The normalized spacial score (nSPS) is 14.7. The van der Waals surface area contributed by atoms with Gasteiger partial charge in [0, 0.05) is 11.2 Å². The first-order valence-electron chi connectivity index (χ1n) is 3.09. The zero-order valence-corrected chi connectivity index (χ0v) is 7.90. The number of rotatable bonds is 5. The van der Waals surface area contributed by atoms with Gasteiger partial charge in [-0.3, -0.25) is 4.52 Å². The average molecular weight is 197 g/mol. The van der Waals surface area contributed by atoms with Crippen LogP contribution in [0.1, 0.15) is 13.3 Å². The Morgan fingerprint density at radius 1 is 1.82 bits per heavy atom. The van der Waals surface area contributed by atoms with Crippen LogP contribution in [0.2, 0.25) is 0 Å². The van der Waals surface area contributed by atoms with E-state index in [1.54, 1.807) is 0 Å². The Bertz CT molecular complexity index is 198. The van der Waals surface area contributed by atoms with Crippen molar-refractivity contribution in [1.82, 2.24) is 0 Å². The van der Waals surface area contributed by atoms with Crippen LogP contribution in [0, 0.1) is 0 Å². The molecule has 0 spiro atoms. The molecular formula is C6H10ClO3P. The predicted octanol–water partition coefficient (Wildman–Crippen LogP) is 3.08. The summed E-state index contributed by atoms with van der Waals surface area (Å²) in [4.78, 5) is 0. The van der Waals surface area contributed by atoms with Crippen molar-refractivity contribution in [3.05, 3.63) is 18.6 Å². The fraction of sp³-hybridized carbons (Fsp3) is 0.500. The van der Waals surface area contributed by atoms with E-state index < -0.39 is 6.95 Å². The first-order valence-corrected chi connectivity index (χ1v) is 5.54. The van der Waals surface area contributed by atoms with Gasteiger partial charge >= 0.3 is 6.95 Å². The largest absolute Gasteiger partial charge is 0.476 e. The fourth-order valence-corrected chi connectivity index (χ4v) is 1.32. The van der Waals surface area contributed by atoms with Gasteiger partial charge in [-0.25, -0.2) is 4.57 Å². The van der Waals surface area contributed by atoms with Gasteiger partial charge in [-0.05, 0) is 6.42 Å². The van der Waals surface area contributed by atoms with Crippen molar-refractivity contribution in [2.75, 3.05) is 6.61 Å². The summed E-state index contributed by atoms with van der Waals surface area (Å²) in [5.41, 5.74) is 2.27. The Labute approximate surface area is 71.0 Å². The van der Waals surface area contributed by atoms with E-state index in [0.717, 1.165) is 12.7 Å². The lowest BCUT2D eigenvalue weighted by Crippen LogP contribution is -1.87. The third-order valence-corrected chi connectivity index (χ3v) is 2.09. The zero-order chi connectivity index (χ0) is 8.74. The van der Waals surface area contributed by atoms with Crippen molar-refractivity contribution in [3.8, 4) is 0 Å². The van der Waals surface area contributed by atoms with E-state index in [1.807, 2.05) is 6.92 Å². The van der Waals surface area contributed by atoms with Gasteiger partial charge in [0.05, 0.1) is 6.61 Å². The topological polar surface area (TPSA) is 35.5 Å². The summed E-state index contributed by atoms with van der Waals surface area (Å²) in [5.74, 6) is 0. The Hall–Kier alpha value is -0.200. The summed E-state index contributed by atoms with van der Waals surface area (Å²) in [6.45, 7) is 1.98. The van der Waals surface area contributed by atoms with Crippen LogP contribution in [0.5, 0.6) is 0 Å². The quantitative estimate of drug-likeness (QED) is 0.385. The molecule has 0 aliphatic heterocycles. The first kappa shape index (κ1) is 10.8. The highest BCUT2D eigenvalue weighted by Crippen LogP contribution is 2.53. The molecule has 0 aromatic carbocycles. The molecule has 0 amide bonds. The van der Waals surface area contributed by atoms with Crippen molar-refractivity contribution in [2.45, 2.75) is 13.3 Å². The second-order valence-electron chi connectivity index (χ2n) is 1.69. The van der Waals surface area contributed by atoms with Gasteiger partial charge in [0.15, 0.2) is 0 Å². The minimum absolute atomic E-state index is 0.311. The maximum Gasteiger partial charge on any atom is 0.476 e. The highest BCUT2D eigenvalue weighted by atomic mass is 35.7. The van der Waals surface area contributed by atoms with Crippen molar-refractivity contribution in [2.24, 2.45) is 0 Å². The van der Waals surface area contributed by atoms with Crippen molar-refractivity contribution >= 4 is 18.2 Å². The zero-order valence-electron chi connectivity index (χ0n) is 6.25. The number of halogens is 1. The molecule has 1 unspecified atom stereocenters. The lowest BCUT2D eigenvalue weighted by atomic mass is 10.5. The summed E-state index contributed by atoms with van der Waals surface area (Å²) >= 11 is 5.31. The van der Waals surface area contributed by atoms with Gasteiger partial charge in [-0.1, -0.05) is 19.2 Å². The Balaban J connectivity index is 3.80. The molecule has 1 atom stereocenters. The van der Waals surface area contributed by atoms with E-state index in [4.69, 9.17) is 11.2 Å². The van der Waals surface area contributed by atoms with Gasteiger partial charge < -0.3 is 4.52 Å². The van der Waals surface area contributed by atoms with Crippen LogP contribution in [0.3, 0.4) is 0 Å². The van der Waals surface area contributed by atoms with Crippen LogP contribution in [-0.2, 0) is 13.6 Å². The number of hydrogen-bond donors (Lipinski definition) is 0. The molecule has 3 nitrogen and oxygen atoms in total. The molecule has 0 saturated heterocycles. The van der Waals surface area contributed by atoms with Crippen molar-refractivity contribution in [1.29, 1.82) is 0 Å². The lowest BCUT2D eigenvalue weighted by Gasteiger charge is -2.07. The van der Waals surface area contributed by atoms with E-state index in [2.05, 4.69) is 21.4 Å². The van der Waals surface area contributed by atoms with Gasteiger partial charge in [-0.2, -0.15) is 0 Å². The fourth-order valence-electron chi connectivity index (χ4n) is 0.331. The van der Waals surface area contributed by atoms with Gasteiger partial charge in [0.25, 0.3) is 0 Å². The van der Waals surface area contributed by atoms with Crippen LogP contribution >= 0.6 is 18.2 Å². The third kappa shape index (κ3) is 6.21. The van der Waals surface area contributed by atoms with Crippen molar-refractivity contribution in [3.63, 3.8) is 0 Å². The summed E-state index contributed by atoms with van der Waals surface area (Å²) < 4.78 is 20.1. The van der Waals surface area contributed by atoms with Crippen molar-refractivity contribution < 1.29 is 13.6 Å². The van der Waals surface area contributed by atoms with E-state index in [0.29, 0.717) is 6.61 Å². The molecule has 0 aliphatic carbocycles. The van der Waals surface area contributed by atoms with Crippen LogP contribution in [0.15, 0.2) is 18.6 Å². The SMILES string of the molecule is C=C=COP(=O)(Cl)OCCC. The predicted molar refractivity (Wildman–Crippen MR) is 44.5 cm³/mol. The smallest absolute Gasteiger partial charge is 0.413 e. The standard InChI is InChI=1S/C6H10ClO3P/c1-3-5-9-11(7,8)10-6-4-2/h5H,1,4,6H2,2H3. The molecule has 0 rings (SSSR count). The lowest BCUT2D eigenvalue weighted by molar-refractivity contribution is 0.265. The molecule has 0 aromatic rings. The van der Waals surface area contributed by atoms with Gasteiger partial charge in [-0.15, -0.1) is 0 Å².